The fourth-order valence-electron chi connectivity index (χ4n) is 3.27. The van der Waals surface area contributed by atoms with Gasteiger partial charge >= 0.3 is 0 Å². The van der Waals surface area contributed by atoms with Crippen molar-refractivity contribution in [2.75, 3.05) is 0 Å². The molecule has 23 heavy (non-hydrogen) atoms. The molecule has 0 saturated carbocycles. The normalized spacial score (nSPS) is 14.4. The van der Waals surface area contributed by atoms with E-state index in [9.17, 15) is 0 Å². The fourth-order valence-corrected chi connectivity index (χ4v) is 9.83. The van der Waals surface area contributed by atoms with Crippen LogP contribution in [0.5, 0.6) is 0 Å². The molecule has 0 N–H and O–H groups in total. The lowest BCUT2D eigenvalue weighted by Gasteiger charge is -2.34. The number of halogens is 2. The SMILES string of the molecule is CC(Br)CC[Si](CCC(C)Br)(c1ccccc1)c1ccccc1. The lowest BCUT2D eigenvalue weighted by Crippen LogP contribution is -2.58. The van der Waals surface area contributed by atoms with Crippen LogP contribution in [-0.4, -0.2) is 17.7 Å². The minimum absolute atomic E-state index is 0.572. The molecule has 0 aliphatic carbocycles. The van der Waals surface area contributed by atoms with E-state index in [1.807, 2.05) is 0 Å². The summed E-state index contributed by atoms with van der Waals surface area (Å²) in [5.41, 5.74) is 0. The first-order chi connectivity index (χ1) is 11.0. The minimum atomic E-state index is -1.73. The van der Waals surface area contributed by atoms with E-state index in [0.717, 1.165) is 0 Å². The van der Waals surface area contributed by atoms with Gasteiger partial charge in [0.15, 0.2) is 0 Å². The zero-order chi connectivity index (χ0) is 16.7. The van der Waals surface area contributed by atoms with Gasteiger partial charge < -0.3 is 0 Å². The van der Waals surface area contributed by atoms with Gasteiger partial charge in [0, 0.05) is 9.65 Å². The number of alkyl halides is 2. The van der Waals surface area contributed by atoms with E-state index in [1.54, 1.807) is 10.4 Å². The molecule has 0 spiro atoms. The van der Waals surface area contributed by atoms with E-state index in [-0.39, 0.29) is 0 Å². The molecule has 3 heteroatoms. The van der Waals surface area contributed by atoms with E-state index >= 15 is 0 Å². The molecule has 0 fully saturated rings. The molecule has 0 nitrogen and oxygen atoms in total. The molecule has 2 unspecified atom stereocenters. The standard InChI is InChI=1S/C20H26Br2Si/c1-17(21)13-15-23(16-14-18(2)22,19-9-5-3-6-10-19)20-11-7-4-8-12-20/h3-12,17-18H,13-16H2,1-2H3. The Balaban J connectivity index is 2.48. The first-order valence-electron chi connectivity index (χ1n) is 8.44. The van der Waals surface area contributed by atoms with Gasteiger partial charge in [-0.1, -0.05) is 117 Å². The third-order valence-corrected chi connectivity index (χ3v) is 10.7. The molecule has 0 heterocycles. The van der Waals surface area contributed by atoms with Gasteiger partial charge in [-0.15, -0.1) is 0 Å². The van der Waals surface area contributed by atoms with Crippen molar-refractivity contribution in [1.82, 2.24) is 0 Å². The first kappa shape index (κ1) is 18.9. The highest BCUT2D eigenvalue weighted by Crippen LogP contribution is 2.25. The highest BCUT2D eigenvalue weighted by Gasteiger charge is 2.36. The van der Waals surface area contributed by atoms with E-state index in [4.69, 9.17) is 0 Å². The van der Waals surface area contributed by atoms with Gasteiger partial charge in [-0.3, -0.25) is 0 Å². The van der Waals surface area contributed by atoms with Crippen LogP contribution in [0.15, 0.2) is 60.7 Å². The summed E-state index contributed by atoms with van der Waals surface area (Å²) < 4.78 is 0. The van der Waals surface area contributed by atoms with Crippen LogP contribution in [0.3, 0.4) is 0 Å². The maximum atomic E-state index is 3.77. The Kier molecular flexibility index (Phi) is 7.57. The third kappa shape index (κ3) is 5.30. The number of hydrogen-bond donors (Lipinski definition) is 0. The summed E-state index contributed by atoms with van der Waals surface area (Å²) in [6.45, 7) is 4.53. The quantitative estimate of drug-likeness (QED) is 0.360. The van der Waals surface area contributed by atoms with Crippen molar-refractivity contribution in [1.29, 1.82) is 0 Å². The third-order valence-electron chi connectivity index (χ3n) is 4.59. The molecule has 0 aliphatic heterocycles. The topological polar surface area (TPSA) is 0 Å². The Labute approximate surface area is 159 Å². The van der Waals surface area contributed by atoms with Crippen LogP contribution in [-0.2, 0) is 0 Å². The van der Waals surface area contributed by atoms with Crippen molar-refractivity contribution < 1.29 is 0 Å². The van der Waals surface area contributed by atoms with E-state index in [1.165, 1.54) is 24.9 Å². The molecule has 2 atom stereocenters. The zero-order valence-electron chi connectivity index (χ0n) is 14.0. The van der Waals surface area contributed by atoms with Crippen LogP contribution in [0.25, 0.3) is 0 Å². The first-order valence-corrected chi connectivity index (χ1v) is 12.7. The van der Waals surface area contributed by atoms with E-state index < -0.39 is 8.07 Å². The monoisotopic (exact) mass is 452 g/mol. The maximum absolute atomic E-state index is 3.77. The Morgan fingerprint density at radius 1 is 0.696 bits per heavy atom. The minimum Gasteiger partial charge on any atom is -0.0894 e. The van der Waals surface area contributed by atoms with Crippen molar-refractivity contribution in [3.05, 3.63) is 60.7 Å². The van der Waals surface area contributed by atoms with Gasteiger partial charge in [-0.25, -0.2) is 0 Å². The molecule has 2 aromatic carbocycles. The van der Waals surface area contributed by atoms with Crippen molar-refractivity contribution in [2.45, 2.75) is 48.4 Å². The largest absolute Gasteiger partial charge is 0.118 e. The molecular formula is C20H26Br2Si. The second-order valence-corrected chi connectivity index (χ2v) is 13.9. The molecule has 0 saturated heterocycles. The van der Waals surface area contributed by atoms with E-state index in [0.29, 0.717) is 9.65 Å². The van der Waals surface area contributed by atoms with Crippen molar-refractivity contribution in [3.63, 3.8) is 0 Å². The molecule has 0 bridgehead atoms. The summed E-state index contributed by atoms with van der Waals surface area (Å²) in [5, 5.41) is 3.15. The summed E-state index contributed by atoms with van der Waals surface area (Å²) in [6, 6.07) is 25.1. The average molecular weight is 454 g/mol. The Morgan fingerprint density at radius 3 is 1.35 bits per heavy atom. The van der Waals surface area contributed by atoms with Gasteiger partial charge in [-0.05, 0) is 24.9 Å². The number of rotatable bonds is 8. The summed E-state index contributed by atoms with van der Waals surface area (Å²) in [6.07, 6.45) is 2.46. The highest BCUT2D eigenvalue weighted by molar-refractivity contribution is 9.09. The Morgan fingerprint density at radius 2 is 1.04 bits per heavy atom. The van der Waals surface area contributed by atoms with Crippen LogP contribution < -0.4 is 10.4 Å². The summed E-state index contributed by atoms with van der Waals surface area (Å²) in [5.74, 6) is 0. The molecule has 0 amide bonds. The van der Waals surface area contributed by atoms with Gasteiger partial charge in [0.05, 0.1) is 0 Å². The predicted octanol–water partition coefficient (Wildman–Crippen LogP) is 5.60. The van der Waals surface area contributed by atoms with Crippen molar-refractivity contribution >= 4 is 50.3 Å². The molecule has 0 aromatic heterocycles. The number of benzene rings is 2. The number of hydrogen-bond acceptors (Lipinski definition) is 0. The van der Waals surface area contributed by atoms with Crippen molar-refractivity contribution in [2.24, 2.45) is 0 Å². The highest BCUT2D eigenvalue weighted by atomic mass is 79.9. The second-order valence-electron chi connectivity index (χ2n) is 6.45. The lowest BCUT2D eigenvalue weighted by atomic mass is 10.3. The molecule has 0 aliphatic rings. The summed E-state index contributed by atoms with van der Waals surface area (Å²) >= 11 is 7.53. The second kappa shape index (κ2) is 9.19. The molecule has 0 radical (unpaired) electrons. The zero-order valence-corrected chi connectivity index (χ0v) is 18.2. The Bertz CT molecular complexity index is 513. The average Bonchev–Trinajstić information content (AvgIpc) is 2.56. The molecule has 124 valence electrons. The van der Waals surface area contributed by atoms with Crippen LogP contribution in [0.4, 0.5) is 0 Å². The van der Waals surface area contributed by atoms with Gasteiger partial charge in [0.1, 0.15) is 8.07 Å². The van der Waals surface area contributed by atoms with Gasteiger partial charge in [0.2, 0.25) is 0 Å². The van der Waals surface area contributed by atoms with Crippen LogP contribution in [0.2, 0.25) is 12.1 Å². The lowest BCUT2D eigenvalue weighted by molar-refractivity contribution is 0.869. The van der Waals surface area contributed by atoms with Crippen LogP contribution >= 0.6 is 31.9 Å². The molecule has 2 aromatic rings. The summed E-state index contributed by atoms with van der Waals surface area (Å²) in [7, 11) is -1.73. The van der Waals surface area contributed by atoms with Crippen LogP contribution in [0.1, 0.15) is 26.7 Å². The van der Waals surface area contributed by atoms with Crippen LogP contribution in [0, 0.1) is 0 Å². The van der Waals surface area contributed by atoms with E-state index in [2.05, 4.69) is 106 Å². The van der Waals surface area contributed by atoms with Gasteiger partial charge in [-0.2, -0.15) is 0 Å². The molecule has 2 rings (SSSR count). The summed E-state index contributed by atoms with van der Waals surface area (Å²) in [4.78, 5) is 1.14. The molecular weight excluding hydrogens is 428 g/mol. The fraction of sp³-hybridized carbons (Fsp3) is 0.400. The van der Waals surface area contributed by atoms with Gasteiger partial charge in [0.25, 0.3) is 0 Å². The smallest absolute Gasteiger partial charge is 0.0894 e. The Hall–Kier alpha value is -0.383. The van der Waals surface area contributed by atoms with Crippen molar-refractivity contribution in [3.8, 4) is 0 Å². The predicted molar refractivity (Wildman–Crippen MR) is 114 cm³/mol. The maximum Gasteiger partial charge on any atom is 0.118 e.